The summed E-state index contributed by atoms with van der Waals surface area (Å²) in [6.07, 6.45) is 5.26. The summed E-state index contributed by atoms with van der Waals surface area (Å²) in [6, 6.07) is 13.5. The van der Waals surface area contributed by atoms with Crippen molar-refractivity contribution in [3.05, 3.63) is 59.2 Å². The molecular formula is C23H32N2O3S. The normalized spacial score (nSPS) is 11.3. The summed E-state index contributed by atoms with van der Waals surface area (Å²) >= 11 is 0. The van der Waals surface area contributed by atoms with E-state index in [0.717, 1.165) is 36.1 Å². The van der Waals surface area contributed by atoms with Crippen molar-refractivity contribution in [3.63, 3.8) is 0 Å². The number of hydrogen-bond donors (Lipinski definition) is 1. The average Bonchev–Trinajstić information content (AvgIpc) is 2.66. The maximum Gasteiger partial charge on any atom is 0.232 e. The lowest BCUT2D eigenvalue weighted by Crippen LogP contribution is -2.31. The van der Waals surface area contributed by atoms with Crippen LogP contribution in [0.25, 0.3) is 0 Å². The molecule has 0 saturated carbocycles. The average molecular weight is 417 g/mol. The van der Waals surface area contributed by atoms with Gasteiger partial charge in [0.1, 0.15) is 0 Å². The molecule has 0 radical (unpaired) electrons. The Balaban J connectivity index is 1.91. The quantitative estimate of drug-likeness (QED) is 0.603. The fraction of sp³-hybridized carbons (Fsp3) is 0.435. The third-order valence-corrected chi connectivity index (χ3v) is 6.19. The highest BCUT2D eigenvalue weighted by Gasteiger charge is 2.18. The molecule has 0 bridgehead atoms. The first-order chi connectivity index (χ1) is 13.7. The summed E-state index contributed by atoms with van der Waals surface area (Å²) in [4.78, 5) is 12.3. The number of aryl methyl sites for hydroxylation is 3. The van der Waals surface area contributed by atoms with Crippen molar-refractivity contribution in [2.75, 3.05) is 22.4 Å². The second-order valence-corrected chi connectivity index (χ2v) is 9.46. The van der Waals surface area contributed by atoms with Crippen LogP contribution in [0.1, 0.15) is 49.3 Å². The summed E-state index contributed by atoms with van der Waals surface area (Å²) in [6.45, 7) is 6.38. The van der Waals surface area contributed by atoms with Crippen molar-refractivity contribution in [1.29, 1.82) is 0 Å². The Labute approximate surface area is 175 Å². The summed E-state index contributed by atoms with van der Waals surface area (Å²) in [7, 11) is -3.42. The topological polar surface area (TPSA) is 66.5 Å². The van der Waals surface area contributed by atoms with Crippen LogP contribution in [0.5, 0.6) is 0 Å². The van der Waals surface area contributed by atoms with Gasteiger partial charge in [-0.2, -0.15) is 0 Å². The van der Waals surface area contributed by atoms with Gasteiger partial charge >= 0.3 is 0 Å². The van der Waals surface area contributed by atoms with E-state index in [1.54, 1.807) is 0 Å². The van der Waals surface area contributed by atoms with E-state index in [1.807, 2.05) is 56.3 Å². The zero-order chi connectivity index (χ0) is 21.4. The van der Waals surface area contributed by atoms with Crippen LogP contribution in [-0.4, -0.2) is 27.1 Å². The Morgan fingerprint density at radius 1 is 1.00 bits per heavy atom. The van der Waals surface area contributed by atoms with E-state index in [9.17, 15) is 13.2 Å². The number of unbranched alkanes of at least 4 members (excludes halogenated alkanes) is 1. The molecule has 2 aromatic rings. The third kappa shape index (κ3) is 7.20. The molecular weight excluding hydrogens is 384 g/mol. The van der Waals surface area contributed by atoms with E-state index in [1.165, 1.54) is 16.1 Å². The van der Waals surface area contributed by atoms with Gasteiger partial charge in [0, 0.05) is 18.7 Å². The molecule has 0 aliphatic carbocycles. The molecule has 0 spiro atoms. The number of amides is 1. The lowest BCUT2D eigenvalue weighted by molar-refractivity contribution is -0.116. The van der Waals surface area contributed by atoms with E-state index in [4.69, 9.17) is 0 Å². The molecule has 0 fully saturated rings. The molecule has 1 amide bonds. The van der Waals surface area contributed by atoms with Crippen molar-refractivity contribution >= 4 is 27.3 Å². The van der Waals surface area contributed by atoms with Crippen molar-refractivity contribution in [3.8, 4) is 0 Å². The molecule has 29 heavy (non-hydrogen) atoms. The zero-order valence-corrected chi connectivity index (χ0v) is 18.7. The molecule has 1 N–H and O–H groups in total. The second kappa shape index (κ2) is 10.4. The standard InChI is InChI=1S/C23H32N2O3S/c1-5-6-8-20-11-13-21(14-12-20)24-23(26)9-7-16-25(29(4,27)28)22-15-10-18(2)19(3)17-22/h10-15,17H,5-9,16H2,1-4H3,(H,24,26). The largest absolute Gasteiger partial charge is 0.326 e. The van der Waals surface area contributed by atoms with Gasteiger partial charge in [-0.15, -0.1) is 0 Å². The Morgan fingerprint density at radius 2 is 1.69 bits per heavy atom. The number of nitrogens with zero attached hydrogens (tertiary/aromatic N) is 1. The molecule has 0 unspecified atom stereocenters. The van der Waals surface area contributed by atoms with Crippen molar-refractivity contribution in [2.45, 2.75) is 52.9 Å². The highest BCUT2D eigenvalue weighted by molar-refractivity contribution is 7.92. The molecule has 0 atom stereocenters. The molecule has 5 nitrogen and oxygen atoms in total. The molecule has 0 aliphatic heterocycles. The van der Waals surface area contributed by atoms with Crippen LogP contribution in [0.15, 0.2) is 42.5 Å². The monoisotopic (exact) mass is 416 g/mol. The van der Waals surface area contributed by atoms with Gasteiger partial charge in [-0.05, 0) is 74.1 Å². The first kappa shape index (κ1) is 22.9. The number of nitrogens with one attached hydrogen (secondary N) is 1. The van der Waals surface area contributed by atoms with Crippen LogP contribution in [0.2, 0.25) is 0 Å². The number of sulfonamides is 1. The number of rotatable bonds is 10. The van der Waals surface area contributed by atoms with Gasteiger partial charge in [-0.25, -0.2) is 8.42 Å². The van der Waals surface area contributed by atoms with E-state index < -0.39 is 10.0 Å². The Bertz CT molecular complexity index is 922. The number of hydrogen-bond acceptors (Lipinski definition) is 3. The molecule has 0 aliphatic rings. The molecule has 158 valence electrons. The van der Waals surface area contributed by atoms with Crippen LogP contribution in [0, 0.1) is 13.8 Å². The second-order valence-electron chi connectivity index (χ2n) is 7.56. The number of carbonyl (C=O) groups is 1. The van der Waals surface area contributed by atoms with Gasteiger partial charge < -0.3 is 5.32 Å². The van der Waals surface area contributed by atoms with Crippen molar-refractivity contribution in [2.24, 2.45) is 0 Å². The molecule has 0 heterocycles. The first-order valence-corrected chi connectivity index (χ1v) is 12.0. The highest BCUT2D eigenvalue weighted by atomic mass is 32.2. The molecule has 2 rings (SSSR count). The first-order valence-electron chi connectivity index (χ1n) is 10.1. The highest BCUT2D eigenvalue weighted by Crippen LogP contribution is 2.22. The van der Waals surface area contributed by atoms with E-state index >= 15 is 0 Å². The van der Waals surface area contributed by atoms with Crippen LogP contribution in [0.4, 0.5) is 11.4 Å². The predicted molar refractivity (Wildman–Crippen MR) is 121 cm³/mol. The van der Waals surface area contributed by atoms with Gasteiger partial charge in [0.2, 0.25) is 15.9 Å². The number of benzene rings is 2. The Kier molecular flexibility index (Phi) is 8.26. The smallest absolute Gasteiger partial charge is 0.232 e. The number of carbonyl (C=O) groups excluding carboxylic acids is 1. The summed E-state index contributed by atoms with van der Waals surface area (Å²) in [5.74, 6) is -0.111. The zero-order valence-electron chi connectivity index (χ0n) is 17.9. The van der Waals surface area contributed by atoms with Gasteiger partial charge in [0.15, 0.2) is 0 Å². The molecule has 2 aromatic carbocycles. The van der Waals surface area contributed by atoms with Crippen LogP contribution >= 0.6 is 0 Å². The fourth-order valence-corrected chi connectivity index (χ4v) is 4.07. The molecule has 6 heteroatoms. The molecule has 0 aromatic heterocycles. The summed E-state index contributed by atoms with van der Waals surface area (Å²) in [5.41, 5.74) is 4.82. The number of anilines is 2. The van der Waals surface area contributed by atoms with Gasteiger partial charge in [-0.3, -0.25) is 9.10 Å². The minimum Gasteiger partial charge on any atom is -0.326 e. The summed E-state index contributed by atoms with van der Waals surface area (Å²) in [5, 5.41) is 2.89. The van der Waals surface area contributed by atoms with Gasteiger partial charge in [0.05, 0.1) is 11.9 Å². The maximum absolute atomic E-state index is 12.3. The van der Waals surface area contributed by atoms with Crippen molar-refractivity contribution in [1.82, 2.24) is 0 Å². The fourth-order valence-electron chi connectivity index (χ4n) is 3.11. The Hall–Kier alpha value is -2.34. The minimum absolute atomic E-state index is 0.111. The van der Waals surface area contributed by atoms with Crippen LogP contribution < -0.4 is 9.62 Å². The van der Waals surface area contributed by atoms with Gasteiger partial charge in [0.25, 0.3) is 0 Å². The van der Waals surface area contributed by atoms with E-state index in [0.29, 0.717) is 12.1 Å². The molecule has 0 saturated heterocycles. The lowest BCUT2D eigenvalue weighted by atomic mass is 10.1. The van der Waals surface area contributed by atoms with Crippen LogP contribution in [-0.2, 0) is 21.2 Å². The Morgan fingerprint density at radius 3 is 2.28 bits per heavy atom. The van der Waals surface area contributed by atoms with E-state index in [2.05, 4.69) is 12.2 Å². The minimum atomic E-state index is -3.42. The van der Waals surface area contributed by atoms with Crippen LogP contribution in [0.3, 0.4) is 0 Å². The van der Waals surface area contributed by atoms with Crippen molar-refractivity contribution < 1.29 is 13.2 Å². The third-order valence-electron chi connectivity index (χ3n) is 5.00. The SMILES string of the molecule is CCCCc1ccc(NC(=O)CCCN(c2ccc(C)c(C)c2)S(C)(=O)=O)cc1. The van der Waals surface area contributed by atoms with E-state index in [-0.39, 0.29) is 18.9 Å². The van der Waals surface area contributed by atoms with Gasteiger partial charge in [-0.1, -0.05) is 31.5 Å². The maximum atomic E-state index is 12.3. The predicted octanol–water partition coefficient (Wildman–Crippen LogP) is 4.83. The lowest BCUT2D eigenvalue weighted by Gasteiger charge is -2.23. The summed E-state index contributed by atoms with van der Waals surface area (Å²) < 4.78 is 25.8.